The number of hydrogen-bond acceptors (Lipinski definition) is 3. The molecule has 29 heavy (non-hydrogen) atoms. The summed E-state index contributed by atoms with van der Waals surface area (Å²) in [6.45, 7) is 2.55. The van der Waals surface area contributed by atoms with E-state index >= 15 is 0 Å². The van der Waals surface area contributed by atoms with Crippen molar-refractivity contribution in [2.75, 3.05) is 16.3 Å². The molecule has 0 fully saturated rings. The van der Waals surface area contributed by atoms with Crippen molar-refractivity contribution in [3.8, 4) is 0 Å². The quantitative estimate of drug-likeness (QED) is 0.630. The Balaban J connectivity index is 1.49. The molecule has 0 saturated carbocycles. The summed E-state index contributed by atoms with van der Waals surface area (Å²) >= 11 is 0. The number of benzene rings is 3. The molecule has 0 atom stereocenters. The smallest absolute Gasteiger partial charge is 0.266 e. The van der Waals surface area contributed by atoms with Crippen LogP contribution in [0, 0.1) is 6.92 Å². The van der Waals surface area contributed by atoms with Gasteiger partial charge in [-0.15, -0.1) is 0 Å². The Bertz CT molecular complexity index is 1180. The van der Waals surface area contributed by atoms with Gasteiger partial charge >= 0.3 is 0 Å². The van der Waals surface area contributed by atoms with Gasteiger partial charge in [0.2, 0.25) is 0 Å². The minimum absolute atomic E-state index is 0.160. The van der Waals surface area contributed by atoms with E-state index in [1.54, 1.807) is 35.2 Å². The molecule has 3 aromatic carbocycles. The third-order valence-corrected chi connectivity index (χ3v) is 5.56. The van der Waals surface area contributed by atoms with Crippen molar-refractivity contribution in [1.82, 2.24) is 0 Å². The van der Waals surface area contributed by atoms with E-state index in [1.807, 2.05) is 43.3 Å². The van der Waals surface area contributed by atoms with Gasteiger partial charge in [0.25, 0.3) is 17.7 Å². The first-order chi connectivity index (χ1) is 14.0. The maximum Gasteiger partial charge on any atom is 0.266 e. The minimum atomic E-state index is -0.398. The van der Waals surface area contributed by atoms with Gasteiger partial charge < -0.3 is 4.90 Å². The van der Waals surface area contributed by atoms with Crippen molar-refractivity contribution in [2.45, 2.75) is 13.3 Å². The van der Waals surface area contributed by atoms with Crippen LogP contribution in [0.15, 0.2) is 66.7 Å². The normalized spacial score (nSPS) is 14.9. The number of fused-ring (bicyclic) bond motifs is 2. The Labute approximate surface area is 168 Å². The molecule has 5 heteroatoms. The number of carbonyl (C=O) groups excluding carboxylic acids is 3. The first-order valence-electron chi connectivity index (χ1n) is 9.54. The van der Waals surface area contributed by atoms with Gasteiger partial charge in [0.15, 0.2) is 0 Å². The zero-order valence-electron chi connectivity index (χ0n) is 15.9. The van der Waals surface area contributed by atoms with Crippen molar-refractivity contribution in [2.24, 2.45) is 0 Å². The third-order valence-electron chi connectivity index (χ3n) is 5.56. The lowest BCUT2D eigenvalue weighted by atomic mass is 10.0. The van der Waals surface area contributed by atoms with Crippen molar-refractivity contribution >= 4 is 29.1 Å². The molecular formula is C24H18N2O3. The van der Waals surface area contributed by atoms with Crippen LogP contribution >= 0.6 is 0 Å². The van der Waals surface area contributed by atoms with Crippen LogP contribution in [0.2, 0.25) is 0 Å². The number of carbonyl (C=O) groups is 3. The van der Waals surface area contributed by atoms with Crippen LogP contribution in [0.1, 0.15) is 42.2 Å². The van der Waals surface area contributed by atoms with Gasteiger partial charge in [-0.25, -0.2) is 4.90 Å². The van der Waals surface area contributed by atoms with E-state index in [2.05, 4.69) is 0 Å². The van der Waals surface area contributed by atoms with E-state index in [-0.39, 0.29) is 17.4 Å². The molecule has 0 aliphatic carbocycles. The Morgan fingerprint density at radius 1 is 0.862 bits per heavy atom. The summed E-state index contributed by atoms with van der Waals surface area (Å²) in [5.74, 6) is -0.920. The highest BCUT2D eigenvalue weighted by molar-refractivity contribution is 6.34. The van der Waals surface area contributed by atoms with Crippen molar-refractivity contribution < 1.29 is 14.4 Å². The summed E-state index contributed by atoms with van der Waals surface area (Å²) in [5, 5.41) is 0. The van der Waals surface area contributed by atoms with Crippen molar-refractivity contribution in [3.63, 3.8) is 0 Å². The third kappa shape index (κ3) is 2.66. The van der Waals surface area contributed by atoms with Gasteiger partial charge in [-0.3, -0.25) is 14.4 Å². The van der Waals surface area contributed by atoms with E-state index in [0.29, 0.717) is 23.4 Å². The first kappa shape index (κ1) is 17.4. The molecule has 3 amide bonds. The lowest BCUT2D eigenvalue weighted by Gasteiger charge is -2.17. The fourth-order valence-electron chi connectivity index (χ4n) is 4.01. The van der Waals surface area contributed by atoms with E-state index in [1.165, 1.54) is 4.90 Å². The molecular weight excluding hydrogens is 364 g/mol. The first-order valence-corrected chi connectivity index (χ1v) is 9.54. The molecule has 3 aromatic rings. The summed E-state index contributed by atoms with van der Waals surface area (Å²) in [6.07, 6.45) is 0.811. The number of amides is 3. The van der Waals surface area contributed by atoms with Crippen LogP contribution in [0.3, 0.4) is 0 Å². The summed E-state index contributed by atoms with van der Waals surface area (Å²) in [6, 6.07) is 19.8. The number of imide groups is 1. The average molecular weight is 382 g/mol. The van der Waals surface area contributed by atoms with Gasteiger partial charge in [-0.2, -0.15) is 0 Å². The van der Waals surface area contributed by atoms with Crippen molar-refractivity contribution in [3.05, 3.63) is 94.5 Å². The Hall–Kier alpha value is -3.73. The molecule has 5 rings (SSSR count). The number of nitrogens with zero attached hydrogens (tertiary/aromatic N) is 2. The molecule has 0 spiro atoms. The largest absolute Gasteiger partial charge is 0.308 e. The summed E-state index contributed by atoms with van der Waals surface area (Å²) in [5.41, 5.74) is 4.63. The molecule has 0 aromatic heterocycles. The average Bonchev–Trinajstić information content (AvgIpc) is 3.28. The van der Waals surface area contributed by atoms with Gasteiger partial charge in [-0.1, -0.05) is 35.9 Å². The molecule has 0 radical (unpaired) electrons. The Morgan fingerprint density at radius 2 is 1.59 bits per heavy atom. The van der Waals surface area contributed by atoms with Crippen LogP contribution in [0.25, 0.3) is 0 Å². The van der Waals surface area contributed by atoms with Crippen molar-refractivity contribution in [1.29, 1.82) is 0 Å². The Kier molecular flexibility index (Phi) is 3.84. The highest BCUT2D eigenvalue weighted by Crippen LogP contribution is 2.32. The van der Waals surface area contributed by atoms with Gasteiger partial charge in [0.05, 0.1) is 16.8 Å². The molecule has 142 valence electrons. The van der Waals surface area contributed by atoms with Crippen LogP contribution in [-0.4, -0.2) is 24.3 Å². The SMILES string of the molecule is Cc1ccc(N2C(=O)c3ccc(C(=O)N4CCc5ccccc54)cc3C2=O)cc1. The van der Waals surface area contributed by atoms with Crippen LogP contribution < -0.4 is 9.80 Å². The number of anilines is 2. The zero-order valence-corrected chi connectivity index (χ0v) is 15.9. The molecule has 0 bridgehead atoms. The van der Waals surface area contributed by atoms with E-state index in [0.717, 1.165) is 23.2 Å². The van der Waals surface area contributed by atoms with Crippen LogP contribution in [-0.2, 0) is 6.42 Å². The molecule has 2 aliphatic heterocycles. The van der Waals surface area contributed by atoms with E-state index < -0.39 is 5.91 Å². The molecule has 0 N–H and O–H groups in total. The number of hydrogen-bond donors (Lipinski definition) is 0. The maximum atomic E-state index is 13.1. The predicted molar refractivity (Wildman–Crippen MR) is 111 cm³/mol. The fourth-order valence-corrected chi connectivity index (χ4v) is 4.01. The topological polar surface area (TPSA) is 57.7 Å². The number of para-hydroxylation sites is 1. The zero-order chi connectivity index (χ0) is 20.1. The minimum Gasteiger partial charge on any atom is -0.308 e. The van der Waals surface area contributed by atoms with Gasteiger partial charge in [0.1, 0.15) is 0 Å². The maximum absolute atomic E-state index is 13.1. The second kappa shape index (κ2) is 6.41. The van der Waals surface area contributed by atoms with Crippen LogP contribution in [0.4, 0.5) is 11.4 Å². The second-order valence-corrected chi connectivity index (χ2v) is 7.38. The van der Waals surface area contributed by atoms with E-state index in [9.17, 15) is 14.4 Å². The highest BCUT2D eigenvalue weighted by atomic mass is 16.2. The predicted octanol–water partition coefficient (Wildman–Crippen LogP) is 4.00. The lowest BCUT2D eigenvalue weighted by molar-refractivity contribution is 0.0925. The molecule has 2 heterocycles. The van der Waals surface area contributed by atoms with E-state index in [4.69, 9.17) is 0 Å². The fraction of sp³-hybridized carbons (Fsp3) is 0.125. The Morgan fingerprint density at radius 3 is 2.38 bits per heavy atom. The standard InChI is InChI=1S/C24H18N2O3/c1-15-6-9-18(10-7-15)26-23(28)19-11-8-17(14-20(19)24(26)29)22(27)25-13-12-16-4-2-3-5-21(16)25/h2-11,14H,12-13H2,1H3. The number of rotatable bonds is 2. The lowest BCUT2D eigenvalue weighted by Crippen LogP contribution is -2.29. The second-order valence-electron chi connectivity index (χ2n) is 7.38. The highest BCUT2D eigenvalue weighted by Gasteiger charge is 2.37. The summed E-state index contributed by atoms with van der Waals surface area (Å²) in [4.78, 5) is 41.8. The van der Waals surface area contributed by atoms with Crippen LogP contribution in [0.5, 0.6) is 0 Å². The monoisotopic (exact) mass is 382 g/mol. The molecule has 0 saturated heterocycles. The summed E-state index contributed by atoms with van der Waals surface area (Å²) in [7, 11) is 0. The molecule has 5 nitrogen and oxygen atoms in total. The van der Waals surface area contributed by atoms with Gasteiger partial charge in [-0.05, 0) is 55.3 Å². The summed E-state index contributed by atoms with van der Waals surface area (Å²) < 4.78 is 0. The van der Waals surface area contributed by atoms with Gasteiger partial charge in [0, 0.05) is 17.8 Å². The molecule has 0 unspecified atom stereocenters. The number of aryl methyl sites for hydroxylation is 1. The molecule has 2 aliphatic rings.